The lowest BCUT2D eigenvalue weighted by molar-refractivity contribution is 0.679. The van der Waals surface area contributed by atoms with Crippen molar-refractivity contribution in [2.24, 2.45) is 0 Å². The van der Waals surface area contributed by atoms with Gasteiger partial charge in [-0.25, -0.2) is 4.98 Å². The molecule has 1 N–H and O–H groups in total. The lowest BCUT2D eigenvalue weighted by atomic mass is 9.97. The predicted octanol–water partition coefficient (Wildman–Crippen LogP) is 3.69. The Hall–Kier alpha value is -1.31. The lowest BCUT2D eigenvalue weighted by Crippen LogP contribution is -2.05. The van der Waals surface area contributed by atoms with Crippen molar-refractivity contribution in [2.75, 3.05) is 11.9 Å². The monoisotopic (exact) mass is 216 g/mol. The number of allylic oxidation sites excluding steroid dienone is 1. The number of pyridine rings is 1. The summed E-state index contributed by atoms with van der Waals surface area (Å²) in [7, 11) is 0. The fourth-order valence-electron chi connectivity index (χ4n) is 2.12. The molecule has 0 spiro atoms. The van der Waals surface area contributed by atoms with Crippen LogP contribution >= 0.6 is 0 Å². The summed E-state index contributed by atoms with van der Waals surface area (Å²) in [6.07, 6.45) is 10.7. The van der Waals surface area contributed by atoms with Crippen molar-refractivity contribution in [3.8, 4) is 0 Å². The van der Waals surface area contributed by atoms with Gasteiger partial charge in [0.15, 0.2) is 0 Å². The van der Waals surface area contributed by atoms with Crippen LogP contribution in [0.4, 0.5) is 5.82 Å². The Morgan fingerprint density at radius 3 is 3.06 bits per heavy atom. The van der Waals surface area contributed by atoms with Gasteiger partial charge in [0.1, 0.15) is 5.82 Å². The zero-order valence-electron chi connectivity index (χ0n) is 10.00. The van der Waals surface area contributed by atoms with Gasteiger partial charge in [-0.2, -0.15) is 0 Å². The van der Waals surface area contributed by atoms with Crippen molar-refractivity contribution in [3.63, 3.8) is 0 Å². The molecule has 2 rings (SSSR count). The molecule has 2 nitrogen and oxygen atoms in total. The molecule has 0 amide bonds. The summed E-state index contributed by atoms with van der Waals surface area (Å²) in [6, 6.07) is 4.12. The lowest BCUT2D eigenvalue weighted by Gasteiger charge is -2.13. The summed E-state index contributed by atoms with van der Waals surface area (Å²) in [6.45, 7) is 3.10. The number of aromatic nitrogens is 1. The van der Waals surface area contributed by atoms with Crippen LogP contribution in [0.5, 0.6) is 0 Å². The highest BCUT2D eigenvalue weighted by Crippen LogP contribution is 2.19. The van der Waals surface area contributed by atoms with E-state index in [1.165, 1.54) is 31.2 Å². The molecular weight excluding hydrogens is 196 g/mol. The minimum atomic E-state index is 0.997. The normalized spacial score (nSPS) is 15.7. The van der Waals surface area contributed by atoms with E-state index in [-0.39, 0.29) is 0 Å². The van der Waals surface area contributed by atoms with Crippen molar-refractivity contribution in [1.29, 1.82) is 0 Å². The highest BCUT2D eigenvalue weighted by atomic mass is 15.0. The highest BCUT2D eigenvalue weighted by molar-refractivity contribution is 5.37. The number of aryl methyl sites for hydroxylation is 1. The molecule has 1 heterocycles. The van der Waals surface area contributed by atoms with Crippen LogP contribution < -0.4 is 5.32 Å². The minimum absolute atomic E-state index is 0.997. The molecule has 0 radical (unpaired) electrons. The molecule has 2 heteroatoms. The molecule has 0 saturated heterocycles. The van der Waals surface area contributed by atoms with E-state index in [9.17, 15) is 0 Å². The molecular formula is C14H20N2. The third-order valence-corrected chi connectivity index (χ3v) is 3.05. The first-order valence-electron chi connectivity index (χ1n) is 6.19. The van der Waals surface area contributed by atoms with Gasteiger partial charge in [-0.1, -0.05) is 11.6 Å². The van der Waals surface area contributed by atoms with Crippen LogP contribution in [-0.4, -0.2) is 11.5 Å². The summed E-state index contributed by atoms with van der Waals surface area (Å²) in [5.74, 6) is 0.997. The van der Waals surface area contributed by atoms with Gasteiger partial charge < -0.3 is 5.32 Å². The number of hydrogen-bond donors (Lipinski definition) is 1. The molecule has 1 aliphatic rings. The van der Waals surface area contributed by atoms with Crippen LogP contribution in [0, 0.1) is 6.92 Å². The van der Waals surface area contributed by atoms with E-state index >= 15 is 0 Å². The molecule has 86 valence electrons. The van der Waals surface area contributed by atoms with Crippen LogP contribution in [0.1, 0.15) is 37.7 Å². The summed E-state index contributed by atoms with van der Waals surface area (Å²) in [5.41, 5.74) is 2.88. The first-order valence-corrected chi connectivity index (χ1v) is 6.19. The Labute approximate surface area is 97.8 Å². The number of nitrogens with zero attached hydrogens (tertiary/aromatic N) is 1. The molecule has 0 atom stereocenters. The predicted molar refractivity (Wildman–Crippen MR) is 68.6 cm³/mol. The maximum atomic E-state index is 4.29. The van der Waals surface area contributed by atoms with Crippen molar-refractivity contribution in [1.82, 2.24) is 4.98 Å². The zero-order valence-corrected chi connectivity index (χ0v) is 10.00. The quantitative estimate of drug-likeness (QED) is 0.776. The third kappa shape index (κ3) is 3.37. The van der Waals surface area contributed by atoms with Crippen molar-refractivity contribution < 1.29 is 0 Å². The van der Waals surface area contributed by atoms with Gasteiger partial charge in [-0.15, -0.1) is 0 Å². The molecule has 16 heavy (non-hydrogen) atoms. The molecule has 0 aromatic carbocycles. The molecule has 0 fully saturated rings. The molecule has 0 unspecified atom stereocenters. The van der Waals surface area contributed by atoms with Crippen LogP contribution in [-0.2, 0) is 0 Å². The Morgan fingerprint density at radius 1 is 1.38 bits per heavy atom. The zero-order chi connectivity index (χ0) is 11.2. The van der Waals surface area contributed by atoms with Crippen LogP contribution in [0.3, 0.4) is 0 Å². The topological polar surface area (TPSA) is 24.9 Å². The standard InChI is InChI=1S/C14H20N2/c1-12-7-9-15-14(11-12)16-10-8-13-5-3-2-4-6-13/h5,7,9,11H,2-4,6,8,10H2,1H3,(H,15,16). The molecule has 0 aliphatic heterocycles. The van der Waals surface area contributed by atoms with Crippen LogP contribution in [0.2, 0.25) is 0 Å². The van der Waals surface area contributed by atoms with Crippen molar-refractivity contribution in [2.45, 2.75) is 39.0 Å². The second-order valence-corrected chi connectivity index (χ2v) is 4.50. The average molecular weight is 216 g/mol. The molecule has 0 bridgehead atoms. The highest BCUT2D eigenvalue weighted by Gasteiger charge is 2.03. The van der Waals surface area contributed by atoms with Crippen LogP contribution in [0.25, 0.3) is 0 Å². The number of hydrogen-bond acceptors (Lipinski definition) is 2. The fraction of sp³-hybridized carbons (Fsp3) is 0.500. The molecule has 1 aromatic rings. The van der Waals surface area contributed by atoms with Crippen LogP contribution in [0.15, 0.2) is 30.0 Å². The Morgan fingerprint density at radius 2 is 2.31 bits per heavy atom. The van der Waals surface area contributed by atoms with Gasteiger partial charge in [0, 0.05) is 12.7 Å². The van der Waals surface area contributed by atoms with Crippen molar-refractivity contribution in [3.05, 3.63) is 35.5 Å². The van der Waals surface area contributed by atoms with E-state index in [0.717, 1.165) is 18.8 Å². The second-order valence-electron chi connectivity index (χ2n) is 4.50. The van der Waals surface area contributed by atoms with Gasteiger partial charge in [-0.3, -0.25) is 0 Å². The SMILES string of the molecule is Cc1ccnc(NCCC2=CCCCC2)c1. The smallest absolute Gasteiger partial charge is 0.126 e. The maximum Gasteiger partial charge on any atom is 0.126 e. The van der Waals surface area contributed by atoms with E-state index in [4.69, 9.17) is 0 Å². The molecule has 0 saturated carbocycles. The number of nitrogens with one attached hydrogen (secondary N) is 1. The minimum Gasteiger partial charge on any atom is -0.370 e. The van der Waals surface area contributed by atoms with Gasteiger partial charge in [-0.05, 0) is 56.7 Å². The summed E-state index contributed by atoms with van der Waals surface area (Å²) < 4.78 is 0. The second kappa shape index (κ2) is 5.69. The van der Waals surface area contributed by atoms with E-state index in [2.05, 4.69) is 29.4 Å². The largest absolute Gasteiger partial charge is 0.370 e. The van der Waals surface area contributed by atoms with E-state index in [1.54, 1.807) is 5.57 Å². The average Bonchev–Trinajstić information content (AvgIpc) is 2.30. The molecule has 1 aliphatic carbocycles. The van der Waals surface area contributed by atoms with Gasteiger partial charge in [0.2, 0.25) is 0 Å². The Kier molecular flexibility index (Phi) is 3.97. The maximum absolute atomic E-state index is 4.29. The Bertz CT molecular complexity index is 369. The summed E-state index contributed by atoms with van der Waals surface area (Å²) >= 11 is 0. The number of anilines is 1. The Balaban J connectivity index is 1.77. The van der Waals surface area contributed by atoms with Gasteiger partial charge >= 0.3 is 0 Å². The third-order valence-electron chi connectivity index (χ3n) is 3.05. The van der Waals surface area contributed by atoms with Gasteiger partial charge in [0.25, 0.3) is 0 Å². The summed E-state index contributed by atoms with van der Waals surface area (Å²) in [4.78, 5) is 4.29. The van der Waals surface area contributed by atoms with Gasteiger partial charge in [0.05, 0.1) is 0 Å². The summed E-state index contributed by atoms with van der Waals surface area (Å²) in [5, 5.41) is 3.38. The fourth-order valence-corrected chi connectivity index (χ4v) is 2.12. The molecule has 1 aromatic heterocycles. The van der Waals surface area contributed by atoms with E-state index < -0.39 is 0 Å². The van der Waals surface area contributed by atoms with E-state index in [0.29, 0.717) is 0 Å². The van der Waals surface area contributed by atoms with E-state index in [1.807, 2.05) is 12.3 Å². The first kappa shape index (κ1) is 11.2. The first-order chi connectivity index (χ1) is 7.84. The number of rotatable bonds is 4. The van der Waals surface area contributed by atoms with Crippen molar-refractivity contribution >= 4 is 5.82 Å².